The smallest absolute Gasteiger partial charge is 0.246 e. The molecule has 1 aromatic heterocycles. The van der Waals surface area contributed by atoms with Crippen molar-refractivity contribution in [1.82, 2.24) is 15.5 Å². The molecule has 0 amide bonds. The fraction of sp³-hybridized carbons (Fsp3) is 0.333. The van der Waals surface area contributed by atoms with Crippen molar-refractivity contribution in [2.45, 2.75) is 6.04 Å². The molecule has 0 saturated carbocycles. The Morgan fingerprint density at radius 2 is 2.26 bits per heavy atom. The minimum Gasteiger partial charge on any atom is -0.378 e. The topological polar surface area (TPSA) is 60.2 Å². The predicted octanol–water partition coefficient (Wildman–Crippen LogP) is 2.30. The van der Waals surface area contributed by atoms with E-state index in [-0.39, 0.29) is 11.9 Å². The summed E-state index contributed by atoms with van der Waals surface area (Å²) in [6.07, 6.45) is 0. The van der Waals surface area contributed by atoms with Crippen molar-refractivity contribution in [3.63, 3.8) is 0 Å². The van der Waals surface area contributed by atoms with Crippen LogP contribution in [0.25, 0.3) is 11.4 Å². The molecule has 0 radical (unpaired) electrons. The van der Waals surface area contributed by atoms with Gasteiger partial charge in [0.15, 0.2) is 0 Å². The normalized spacial score (nSPS) is 19.6. The molecule has 100 valence electrons. The molecule has 0 aliphatic carbocycles. The van der Waals surface area contributed by atoms with Crippen LogP contribution in [0.15, 0.2) is 27.2 Å². The van der Waals surface area contributed by atoms with E-state index in [1.165, 1.54) is 12.1 Å². The van der Waals surface area contributed by atoms with Crippen molar-refractivity contribution in [1.29, 1.82) is 0 Å². The number of aromatic nitrogens is 2. The maximum Gasteiger partial charge on any atom is 0.246 e. The highest BCUT2D eigenvalue weighted by Gasteiger charge is 2.22. The van der Waals surface area contributed by atoms with E-state index in [1.54, 1.807) is 6.07 Å². The lowest BCUT2D eigenvalue weighted by Crippen LogP contribution is -2.34. The van der Waals surface area contributed by atoms with Gasteiger partial charge in [0.05, 0.1) is 13.2 Å². The Bertz CT molecular complexity index is 564. The number of morpholine rings is 1. The third-order valence-electron chi connectivity index (χ3n) is 2.78. The van der Waals surface area contributed by atoms with Crippen molar-refractivity contribution in [2.24, 2.45) is 0 Å². The molecule has 19 heavy (non-hydrogen) atoms. The molecule has 1 aromatic carbocycles. The molecule has 1 N–H and O–H groups in total. The first-order chi connectivity index (χ1) is 9.22. The molecule has 0 spiro atoms. The fourth-order valence-electron chi connectivity index (χ4n) is 1.90. The van der Waals surface area contributed by atoms with Gasteiger partial charge >= 0.3 is 0 Å². The fourth-order valence-corrected chi connectivity index (χ4v) is 2.37. The Hall–Kier alpha value is -1.31. The van der Waals surface area contributed by atoms with Crippen LogP contribution in [0.5, 0.6) is 0 Å². The lowest BCUT2D eigenvalue weighted by molar-refractivity contribution is 0.0659. The van der Waals surface area contributed by atoms with E-state index >= 15 is 0 Å². The second-order valence-electron chi connectivity index (χ2n) is 4.20. The van der Waals surface area contributed by atoms with Gasteiger partial charge in [0.2, 0.25) is 11.7 Å². The number of rotatable bonds is 2. The van der Waals surface area contributed by atoms with Crippen LogP contribution in [0.3, 0.4) is 0 Å². The number of hydrogen-bond acceptors (Lipinski definition) is 5. The van der Waals surface area contributed by atoms with Crippen LogP contribution in [-0.2, 0) is 4.74 Å². The second-order valence-corrected chi connectivity index (χ2v) is 5.11. The zero-order valence-electron chi connectivity index (χ0n) is 9.90. The van der Waals surface area contributed by atoms with E-state index in [1.807, 2.05) is 0 Å². The number of nitrogens with one attached hydrogen (secondary N) is 1. The molecule has 1 fully saturated rings. The summed E-state index contributed by atoms with van der Waals surface area (Å²) >= 11 is 3.24. The van der Waals surface area contributed by atoms with E-state index in [4.69, 9.17) is 9.26 Å². The number of ether oxygens (including phenoxy) is 1. The van der Waals surface area contributed by atoms with Gasteiger partial charge in [0.1, 0.15) is 11.9 Å². The third kappa shape index (κ3) is 2.83. The average Bonchev–Trinajstić information content (AvgIpc) is 2.88. The van der Waals surface area contributed by atoms with Gasteiger partial charge in [-0.2, -0.15) is 4.98 Å². The van der Waals surface area contributed by atoms with E-state index in [0.29, 0.717) is 35.0 Å². The molecule has 1 atom stereocenters. The molecular weight excluding hydrogens is 317 g/mol. The van der Waals surface area contributed by atoms with Crippen LogP contribution >= 0.6 is 15.9 Å². The summed E-state index contributed by atoms with van der Waals surface area (Å²) < 4.78 is 24.5. The Morgan fingerprint density at radius 1 is 1.37 bits per heavy atom. The number of nitrogens with zero attached hydrogens (tertiary/aromatic N) is 2. The summed E-state index contributed by atoms with van der Waals surface area (Å²) in [4.78, 5) is 4.28. The van der Waals surface area contributed by atoms with Gasteiger partial charge in [-0.05, 0) is 18.2 Å². The van der Waals surface area contributed by atoms with E-state index in [9.17, 15) is 4.39 Å². The maximum absolute atomic E-state index is 13.3. The summed E-state index contributed by atoms with van der Waals surface area (Å²) in [5.41, 5.74) is 0.568. The molecular formula is C12H11BrFN3O2. The third-order valence-corrected chi connectivity index (χ3v) is 3.24. The van der Waals surface area contributed by atoms with Gasteiger partial charge in [0, 0.05) is 16.6 Å². The molecule has 2 heterocycles. The predicted molar refractivity (Wildman–Crippen MR) is 69.0 cm³/mol. The van der Waals surface area contributed by atoms with Gasteiger partial charge in [-0.1, -0.05) is 21.1 Å². The van der Waals surface area contributed by atoms with Gasteiger partial charge in [-0.3, -0.25) is 0 Å². The maximum atomic E-state index is 13.3. The highest BCUT2D eigenvalue weighted by atomic mass is 79.9. The van der Waals surface area contributed by atoms with Crippen molar-refractivity contribution in [3.8, 4) is 11.4 Å². The SMILES string of the molecule is Fc1cc(Br)cc(-c2noc(C3COCCN3)n2)c1. The molecule has 1 saturated heterocycles. The average molecular weight is 328 g/mol. The van der Waals surface area contributed by atoms with Crippen LogP contribution in [0, 0.1) is 5.82 Å². The molecule has 2 aromatic rings. The molecule has 1 aliphatic heterocycles. The Kier molecular flexibility index (Phi) is 3.58. The number of halogens is 2. The summed E-state index contributed by atoms with van der Waals surface area (Å²) in [5, 5.41) is 7.09. The summed E-state index contributed by atoms with van der Waals surface area (Å²) in [7, 11) is 0. The zero-order chi connectivity index (χ0) is 13.2. The molecule has 3 rings (SSSR count). The Morgan fingerprint density at radius 3 is 3.00 bits per heavy atom. The Balaban J connectivity index is 1.87. The monoisotopic (exact) mass is 327 g/mol. The van der Waals surface area contributed by atoms with Crippen molar-refractivity contribution < 1.29 is 13.7 Å². The second kappa shape index (κ2) is 5.36. The Labute approximate surface area is 117 Å². The van der Waals surface area contributed by atoms with Crippen molar-refractivity contribution in [2.75, 3.05) is 19.8 Å². The highest BCUT2D eigenvalue weighted by molar-refractivity contribution is 9.10. The van der Waals surface area contributed by atoms with Crippen molar-refractivity contribution in [3.05, 3.63) is 34.4 Å². The van der Waals surface area contributed by atoms with Gasteiger partial charge in [-0.15, -0.1) is 0 Å². The standard InChI is InChI=1S/C12H11BrFN3O2/c13-8-3-7(4-9(14)5-8)11-16-12(19-17-11)10-6-18-2-1-15-10/h3-5,10,15H,1-2,6H2. The van der Waals surface area contributed by atoms with Crippen LogP contribution in [0.1, 0.15) is 11.9 Å². The highest BCUT2D eigenvalue weighted by Crippen LogP contribution is 2.24. The first kappa shape index (κ1) is 12.7. The van der Waals surface area contributed by atoms with E-state index in [2.05, 4.69) is 31.4 Å². The first-order valence-electron chi connectivity index (χ1n) is 5.83. The van der Waals surface area contributed by atoms with Crippen LogP contribution in [0.2, 0.25) is 0 Å². The van der Waals surface area contributed by atoms with E-state index in [0.717, 1.165) is 6.54 Å². The summed E-state index contributed by atoms with van der Waals surface area (Å²) in [6.45, 7) is 1.91. The minimum absolute atomic E-state index is 0.105. The molecule has 1 unspecified atom stereocenters. The lowest BCUT2D eigenvalue weighted by atomic mass is 10.2. The quantitative estimate of drug-likeness (QED) is 0.917. The molecule has 1 aliphatic rings. The minimum atomic E-state index is -0.352. The lowest BCUT2D eigenvalue weighted by Gasteiger charge is -2.20. The summed E-state index contributed by atoms with van der Waals surface area (Å²) in [6, 6.07) is 4.38. The van der Waals surface area contributed by atoms with Gasteiger partial charge in [0.25, 0.3) is 0 Å². The van der Waals surface area contributed by atoms with Crippen LogP contribution < -0.4 is 5.32 Å². The molecule has 5 nitrogen and oxygen atoms in total. The summed E-state index contributed by atoms with van der Waals surface area (Å²) in [5.74, 6) is 0.465. The van der Waals surface area contributed by atoms with Crippen LogP contribution in [0.4, 0.5) is 4.39 Å². The number of hydrogen-bond donors (Lipinski definition) is 1. The zero-order valence-corrected chi connectivity index (χ0v) is 11.5. The van der Waals surface area contributed by atoms with Gasteiger partial charge in [-0.25, -0.2) is 4.39 Å². The first-order valence-corrected chi connectivity index (χ1v) is 6.63. The van der Waals surface area contributed by atoms with Crippen molar-refractivity contribution >= 4 is 15.9 Å². The largest absolute Gasteiger partial charge is 0.378 e. The van der Waals surface area contributed by atoms with Crippen LogP contribution in [-0.4, -0.2) is 29.9 Å². The number of benzene rings is 1. The molecule has 7 heteroatoms. The van der Waals surface area contributed by atoms with E-state index < -0.39 is 0 Å². The van der Waals surface area contributed by atoms with Gasteiger partial charge < -0.3 is 14.6 Å². The molecule has 0 bridgehead atoms.